The molecule has 18 heavy (non-hydrogen) atoms. The summed E-state index contributed by atoms with van der Waals surface area (Å²) in [4.78, 5) is 2.48. The van der Waals surface area contributed by atoms with Gasteiger partial charge in [-0.15, -0.1) is 0 Å². The highest BCUT2D eigenvalue weighted by Gasteiger charge is 2.38. The number of nitrogens with zero attached hydrogens (tertiary/aromatic N) is 1. The number of fused-ring (bicyclic) bond motifs is 1. The SMILES string of the molecule is CCCN(C)[C@H]1CCc2ccc(O)cc2C1(C)C. The zero-order chi connectivity index (χ0) is 13.3. The van der Waals surface area contributed by atoms with E-state index in [1.807, 2.05) is 12.1 Å². The smallest absolute Gasteiger partial charge is 0.115 e. The molecule has 2 nitrogen and oxygen atoms in total. The third-order valence-electron chi connectivity index (χ3n) is 4.42. The minimum Gasteiger partial charge on any atom is -0.508 e. The van der Waals surface area contributed by atoms with Gasteiger partial charge in [0.1, 0.15) is 5.75 Å². The Bertz CT molecular complexity index is 425. The Morgan fingerprint density at radius 1 is 1.39 bits per heavy atom. The van der Waals surface area contributed by atoms with Gasteiger partial charge in [-0.25, -0.2) is 0 Å². The molecule has 0 radical (unpaired) electrons. The lowest BCUT2D eigenvalue weighted by Gasteiger charge is -2.45. The number of aryl methyl sites for hydroxylation is 1. The fourth-order valence-electron chi connectivity index (χ4n) is 3.49. The van der Waals surface area contributed by atoms with Crippen molar-refractivity contribution in [2.24, 2.45) is 0 Å². The van der Waals surface area contributed by atoms with Gasteiger partial charge in [-0.1, -0.05) is 26.8 Å². The number of hydrogen-bond donors (Lipinski definition) is 1. The monoisotopic (exact) mass is 247 g/mol. The summed E-state index contributed by atoms with van der Waals surface area (Å²) >= 11 is 0. The molecule has 1 aromatic carbocycles. The highest BCUT2D eigenvalue weighted by molar-refractivity contribution is 5.42. The second-order valence-corrected chi connectivity index (χ2v) is 6.10. The second-order valence-electron chi connectivity index (χ2n) is 6.10. The van der Waals surface area contributed by atoms with Gasteiger partial charge in [0.05, 0.1) is 0 Å². The van der Waals surface area contributed by atoms with E-state index in [1.165, 1.54) is 24.0 Å². The number of aromatic hydroxyl groups is 1. The number of phenolic OH excluding ortho intramolecular Hbond substituents is 1. The van der Waals surface area contributed by atoms with E-state index in [0.717, 1.165) is 13.0 Å². The van der Waals surface area contributed by atoms with Gasteiger partial charge in [0.2, 0.25) is 0 Å². The van der Waals surface area contributed by atoms with Crippen LogP contribution in [0, 0.1) is 0 Å². The maximum absolute atomic E-state index is 9.74. The first-order valence-corrected chi connectivity index (χ1v) is 6.99. The quantitative estimate of drug-likeness (QED) is 0.885. The first-order valence-electron chi connectivity index (χ1n) is 6.99. The fraction of sp³-hybridized carbons (Fsp3) is 0.625. The average molecular weight is 247 g/mol. The van der Waals surface area contributed by atoms with Crippen LogP contribution in [-0.2, 0) is 11.8 Å². The summed E-state index contributed by atoms with van der Waals surface area (Å²) in [5.74, 6) is 0.389. The number of rotatable bonds is 3. The number of likely N-dealkylation sites (N-methyl/N-ethyl adjacent to an activating group) is 1. The average Bonchev–Trinajstić information content (AvgIpc) is 2.30. The van der Waals surface area contributed by atoms with Crippen LogP contribution in [0.3, 0.4) is 0 Å². The van der Waals surface area contributed by atoms with E-state index in [2.05, 4.69) is 38.8 Å². The Kier molecular flexibility index (Phi) is 3.67. The van der Waals surface area contributed by atoms with Gasteiger partial charge >= 0.3 is 0 Å². The summed E-state index contributed by atoms with van der Waals surface area (Å²) < 4.78 is 0. The Morgan fingerprint density at radius 3 is 2.78 bits per heavy atom. The first kappa shape index (κ1) is 13.4. The van der Waals surface area contributed by atoms with Crippen LogP contribution < -0.4 is 0 Å². The van der Waals surface area contributed by atoms with Crippen molar-refractivity contribution in [3.8, 4) is 5.75 Å². The summed E-state index contributed by atoms with van der Waals surface area (Å²) in [6.45, 7) is 7.98. The number of benzene rings is 1. The van der Waals surface area contributed by atoms with Gasteiger partial charge in [0.15, 0.2) is 0 Å². The van der Waals surface area contributed by atoms with E-state index in [9.17, 15) is 5.11 Å². The molecule has 1 N–H and O–H groups in total. The van der Waals surface area contributed by atoms with Crippen molar-refractivity contribution in [2.45, 2.75) is 51.5 Å². The molecular weight excluding hydrogens is 222 g/mol. The third kappa shape index (κ3) is 2.26. The lowest BCUT2D eigenvalue weighted by molar-refractivity contribution is 0.146. The second kappa shape index (κ2) is 4.93. The normalized spacial score (nSPS) is 21.9. The summed E-state index contributed by atoms with van der Waals surface area (Å²) in [5, 5.41) is 9.74. The highest BCUT2D eigenvalue weighted by Crippen LogP contribution is 2.40. The maximum atomic E-state index is 9.74. The number of hydrogen-bond acceptors (Lipinski definition) is 2. The molecule has 1 aliphatic carbocycles. The van der Waals surface area contributed by atoms with Crippen molar-refractivity contribution in [3.05, 3.63) is 29.3 Å². The Hall–Kier alpha value is -1.02. The van der Waals surface area contributed by atoms with Crippen LogP contribution in [0.2, 0.25) is 0 Å². The van der Waals surface area contributed by atoms with Crippen LogP contribution in [0.4, 0.5) is 0 Å². The molecule has 0 saturated carbocycles. The van der Waals surface area contributed by atoms with Crippen LogP contribution >= 0.6 is 0 Å². The molecule has 100 valence electrons. The largest absolute Gasteiger partial charge is 0.508 e. The van der Waals surface area contributed by atoms with Crippen molar-refractivity contribution in [2.75, 3.05) is 13.6 Å². The van der Waals surface area contributed by atoms with Gasteiger partial charge < -0.3 is 10.0 Å². The zero-order valence-corrected chi connectivity index (χ0v) is 12.0. The molecule has 0 fully saturated rings. The predicted molar refractivity (Wildman–Crippen MR) is 76.2 cm³/mol. The molecule has 0 amide bonds. The lowest BCUT2D eigenvalue weighted by atomic mass is 9.68. The Balaban J connectivity index is 2.35. The van der Waals surface area contributed by atoms with Crippen LogP contribution in [0.15, 0.2) is 18.2 Å². The molecule has 0 spiro atoms. The third-order valence-corrected chi connectivity index (χ3v) is 4.42. The zero-order valence-electron chi connectivity index (χ0n) is 12.0. The summed E-state index contributed by atoms with van der Waals surface area (Å²) in [6, 6.07) is 6.42. The van der Waals surface area contributed by atoms with E-state index >= 15 is 0 Å². The van der Waals surface area contributed by atoms with E-state index in [0.29, 0.717) is 11.8 Å². The highest BCUT2D eigenvalue weighted by atomic mass is 16.3. The molecule has 0 heterocycles. The predicted octanol–water partition coefficient (Wildman–Crippen LogP) is 3.33. The molecule has 1 aromatic rings. The van der Waals surface area contributed by atoms with Gasteiger partial charge in [-0.05, 0) is 56.1 Å². The van der Waals surface area contributed by atoms with Crippen molar-refractivity contribution in [1.29, 1.82) is 0 Å². The van der Waals surface area contributed by atoms with Crippen molar-refractivity contribution < 1.29 is 5.11 Å². The molecule has 0 aliphatic heterocycles. The molecule has 1 aliphatic rings. The number of phenols is 1. The molecule has 2 heteroatoms. The van der Waals surface area contributed by atoms with E-state index in [-0.39, 0.29) is 5.41 Å². The van der Waals surface area contributed by atoms with E-state index < -0.39 is 0 Å². The molecule has 0 unspecified atom stereocenters. The van der Waals surface area contributed by atoms with Crippen molar-refractivity contribution in [1.82, 2.24) is 4.90 Å². The Labute approximate surface area is 111 Å². The van der Waals surface area contributed by atoms with Crippen LogP contribution in [0.25, 0.3) is 0 Å². The first-order chi connectivity index (χ1) is 8.46. The molecule has 2 rings (SSSR count). The van der Waals surface area contributed by atoms with Crippen LogP contribution in [-0.4, -0.2) is 29.6 Å². The van der Waals surface area contributed by atoms with E-state index in [4.69, 9.17) is 0 Å². The minimum atomic E-state index is 0.107. The maximum Gasteiger partial charge on any atom is 0.115 e. The van der Waals surface area contributed by atoms with Crippen LogP contribution in [0.5, 0.6) is 5.75 Å². The summed E-state index contributed by atoms with van der Waals surface area (Å²) in [7, 11) is 2.23. The van der Waals surface area contributed by atoms with E-state index in [1.54, 1.807) is 0 Å². The topological polar surface area (TPSA) is 23.5 Å². The molecule has 0 saturated heterocycles. The van der Waals surface area contributed by atoms with Gasteiger partial charge in [-0.3, -0.25) is 0 Å². The molecule has 1 atom stereocenters. The fourth-order valence-corrected chi connectivity index (χ4v) is 3.49. The van der Waals surface area contributed by atoms with Crippen molar-refractivity contribution in [3.63, 3.8) is 0 Å². The summed E-state index contributed by atoms with van der Waals surface area (Å²) in [6.07, 6.45) is 3.52. The van der Waals surface area contributed by atoms with Crippen LogP contribution in [0.1, 0.15) is 44.7 Å². The summed E-state index contributed by atoms with van der Waals surface area (Å²) in [5.41, 5.74) is 2.83. The lowest BCUT2D eigenvalue weighted by Crippen LogP contribution is -2.49. The van der Waals surface area contributed by atoms with Gasteiger partial charge in [0.25, 0.3) is 0 Å². The molecule has 0 aromatic heterocycles. The van der Waals surface area contributed by atoms with Gasteiger partial charge in [-0.2, -0.15) is 0 Å². The standard InChI is InChI=1S/C16H25NO/c1-5-10-17(4)15-9-7-12-6-8-13(18)11-14(12)16(15,2)3/h6,8,11,15,18H,5,7,9-10H2,1-4H3/t15-/m0/s1. The minimum absolute atomic E-state index is 0.107. The molecular formula is C16H25NO. The van der Waals surface area contributed by atoms with Gasteiger partial charge in [0, 0.05) is 11.5 Å². The van der Waals surface area contributed by atoms with Crippen molar-refractivity contribution >= 4 is 0 Å². The Morgan fingerprint density at radius 2 is 2.11 bits per heavy atom. The molecule has 0 bridgehead atoms.